The van der Waals surface area contributed by atoms with Gasteiger partial charge in [0.05, 0.1) is 23.4 Å². The molecule has 0 aliphatic heterocycles. The second-order valence-corrected chi connectivity index (χ2v) is 8.25. The maximum atomic E-state index is 13.0. The quantitative estimate of drug-likeness (QED) is 0.275. The molecule has 0 amide bonds. The Balaban J connectivity index is 1.77. The molecule has 9 heteroatoms. The maximum Gasteiger partial charge on any atom is 0.339 e. The molecule has 0 atom stereocenters. The second-order valence-electron chi connectivity index (χ2n) is 6.70. The van der Waals surface area contributed by atoms with Crippen LogP contribution in [0.5, 0.6) is 17.2 Å². The van der Waals surface area contributed by atoms with Crippen molar-refractivity contribution < 1.29 is 32.0 Å². The Morgan fingerprint density at radius 2 is 1.52 bits per heavy atom. The molecule has 0 unspecified atom stereocenters. The Kier molecular flexibility index (Phi) is 4.90. The molecule has 0 spiro atoms. The predicted octanol–water partition coefficient (Wildman–Crippen LogP) is 2.92. The van der Waals surface area contributed by atoms with Crippen molar-refractivity contribution in [1.29, 1.82) is 0 Å². The number of ether oxygens (including phenoxy) is 1. The first-order valence-electron chi connectivity index (χ1n) is 9.25. The summed E-state index contributed by atoms with van der Waals surface area (Å²) in [4.78, 5) is 25.6. The van der Waals surface area contributed by atoms with Gasteiger partial charge in [-0.15, -0.1) is 0 Å². The molecule has 1 aliphatic rings. The molecule has 0 aromatic heterocycles. The smallest absolute Gasteiger partial charge is 0.339 e. The van der Waals surface area contributed by atoms with Crippen LogP contribution in [0.4, 0.5) is 5.69 Å². The fraction of sp³-hybridized carbons (Fsp3) is 0.0909. The summed E-state index contributed by atoms with van der Waals surface area (Å²) in [5.74, 6) is -1.77. The number of phenolic OH excluding ortho intramolecular Hbond substituents is 1. The van der Waals surface area contributed by atoms with Crippen LogP contribution in [0.3, 0.4) is 0 Å². The van der Waals surface area contributed by atoms with Crippen molar-refractivity contribution in [2.75, 3.05) is 12.3 Å². The number of hydrogen-bond acceptors (Lipinski definition) is 8. The fourth-order valence-electron chi connectivity index (χ4n) is 3.38. The van der Waals surface area contributed by atoms with Gasteiger partial charge in [-0.1, -0.05) is 24.3 Å². The van der Waals surface area contributed by atoms with E-state index in [4.69, 9.17) is 14.7 Å². The number of nitrogen functional groups attached to an aromatic ring is 1. The van der Waals surface area contributed by atoms with Gasteiger partial charge >= 0.3 is 10.1 Å². The van der Waals surface area contributed by atoms with Gasteiger partial charge in [-0.05, 0) is 31.2 Å². The molecule has 4 rings (SSSR count). The summed E-state index contributed by atoms with van der Waals surface area (Å²) in [6.07, 6.45) is 0. The molecule has 158 valence electrons. The van der Waals surface area contributed by atoms with E-state index in [0.29, 0.717) is 12.4 Å². The lowest BCUT2D eigenvalue weighted by Gasteiger charge is -2.21. The van der Waals surface area contributed by atoms with Gasteiger partial charge in [-0.25, -0.2) is 0 Å². The van der Waals surface area contributed by atoms with Gasteiger partial charge < -0.3 is 19.8 Å². The summed E-state index contributed by atoms with van der Waals surface area (Å²) in [5.41, 5.74) is 5.35. The number of benzene rings is 3. The molecular formula is C22H17NO7S. The molecule has 31 heavy (non-hydrogen) atoms. The molecule has 1 aliphatic carbocycles. The highest BCUT2D eigenvalue weighted by Crippen LogP contribution is 2.42. The van der Waals surface area contributed by atoms with E-state index in [9.17, 15) is 23.1 Å². The first kappa shape index (κ1) is 20.4. The average molecular weight is 439 g/mol. The van der Waals surface area contributed by atoms with Crippen LogP contribution in [0.1, 0.15) is 38.8 Å². The van der Waals surface area contributed by atoms with Crippen molar-refractivity contribution in [3.63, 3.8) is 0 Å². The molecule has 8 nitrogen and oxygen atoms in total. The molecule has 0 fully saturated rings. The zero-order chi connectivity index (χ0) is 22.3. The molecule has 0 saturated heterocycles. The number of nitrogens with two attached hydrogens (primary N) is 1. The van der Waals surface area contributed by atoms with Crippen molar-refractivity contribution in [3.05, 3.63) is 76.9 Å². The standard InChI is InChI=1S/C22H17NO7S/c1-2-29-12-7-9-13(10-8-12)31(27,28)30-17-11-16(24)18-19(20(17)23)22(26)15-6-4-3-5-14(15)21(18)25/h3-11,24H,2,23H2,1H3. The van der Waals surface area contributed by atoms with Crippen LogP contribution in [0, 0.1) is 0 Å². The van der Waals surface area contributed by atoms with E-state index in [1.165, 1.54) is 36.4 Å². The number of rotatable bonds is 5. The third-order valence-corrected chi connectivity index (χ3v) is 6.05. The Labute approximate surface area is 178 Å². The highest BCUT2D eigenvalue weighted by Gasteiger charge is 2.36. The first-order chi connectivity index (χ1) is 14.7. The van der Waals surface area contributed by atoms with E-state index >= 15 is 0 Å². The van der Waals surface area contributed by atoms with Crippen LogP contribution in [0.25, 0.3) is 0 Å². The van der Waals surface area contributed by atoms with Crippen molar-refractivity contribution in [2.24, 2.45) is 0 Å². The molecule has 0 saturated carbocycles. The van der Waals surface area contributed by atoms with Gasteiger partial charge in [-0.2, -0.15) is 8.42 Å². The second kappa shape index (κ2) is 7.44. The zero-order valence-corrected chi connectivity index (χ0v) is 17.1. The topological polar surface area (TPSA) is 133 Å². The zero-order valence-electron chi connectivity index (χ0n) is 16.3. The van der Waals surface area contributed by atoms with Gasteiger partial charge in [0.2, 0.25) is 0 Å². The number of carbonyl (C=O) groups is 2. The summed E-state index contributed by atoms with van der Waals surface area (Å²) < 4.78 is 35.8. The molecule has 3 aromatic rings. The fourth-order valence-corrected chi connectivity index (χ4v) is 4.32. The number of anilines is 1. The van der Waals surface area contributed by atoms with Crippen molar-refractivity contribution in [2.45, 2.75) is 11.8 Å². The lowest BCUT2D eigenvalue weighted by molar-refractivity contribution is 0.0977. The minimum absolute atomic E-state index is 0.109. The minimum atomic E-state index is -4.35. The average Bonchev–Trinajstić information content (AvgIpc) is 2.75. The Bertz CT molecular complexity index is 1330. The summed E-state index contributed by atoms with van der Waals surface area (Å²) in [7, 11) is -4.35. The first-order valence-corrected chi connectivity index (χ1v) is 10.7. The van der Waals surface area contributed by atoms with Crippen LogP contribution >= 0.6 is 0 Å². The van der Waals surface area contributed by atoms with Crippen molar-refractivity contribution >= 4 is 27.4 Å². The van der Waals surface area contributed by atoms with E-state index in [2.05, 4.69) is 0 Å². The Morgan fingerprint density at radius 3 is 2.10 bits per heavy atom. The number of fused-ring (bicyclic) bond motifs is 2. The van der Waals surface area contributed by atoms with Crippen LogP contribution < -0.4 is 14.7 Å². The van der Waals surface area contributed by atoms with E-state index in [0.717, 1.165) is 6.07 Å². The monoisotopic (exact) mass is 439 g/mol. The maximum absolute atomic E-state index is 13.0. The number of hydrogen-bond donors (Lipinski definition) is 2. The predicted molar refractivity (Wildman–Crippen MR) is 111 cm³/mol. The van der Waals surface area contributed by atoms with Gasteiger partial charge in [0.25, 0.3) is 0 Å². The molecule has 0 heterocycles. The van der Waals surface area contributed by atoms with Crippen LogP contribution in [0.2, 0.25) is 0 Å². The Morgan fingerprint density at radius 1 is 0.935 bits per heavy atom. The summed E-state index contributed by atoms with van der Waals surface area (Å²) >= 11 is 0. The number of phenols is 1. The largest absolute Gasteiger partial charge is 0.507 e. The number of ketones is 2. The highest BCUT2D eigenvalue weighted by molar-refractivity contribution is 7.87. The van der Waals surface area contributed by atoms with Gasteiger partial charge in [-0.3, -0.25) is 9.59 Å². The number of carbonyl (C=O) groups excluding carboxylic acids is 2. The third-order valence-electron chi connectivity index (χ3n) is 4.80. The molecule has 3 aromatic carbocycles. The lowest BCUT2D eigenvalue weighted by atomic mass is 9.82. The molecular weight excluding hydrogens is 422 g/mol. The number of aromatic hydroxyl groups is 1. The van der Waals surface area contributed by atoms with E-state index < -0.39 is 33.2 Å². The molecule has 3 N–H and O–H groups in total. The SMILES string of the molecule is CCOc1ccc(S(=O)(=O)Oc2cc(O)c3c(c2N)C(=O)c2ccccc2C3=O)cc1. The van der Waals surface area contributed by atoms with Crippen molar-refractivity contribution in [1.82, 2.24) is 0 Å². The third kappa shape index (κ3) is 3.38. The van der Waals surface area contributed by atoms with Gasteiger partial charge in [0.15, 0.2) is 17.3 Å². The van der Waals surface area contributed by atoms with Gasteiger partial charge in [0.1, 0.15) is 16.4 Å². The highest BCUT2D eigenvalue weighted by atomic mass is 32.2. The Hall–Kier alpha value is -3.85. The van der Waals surface area contributed by atoms with Crippen LogP contribution in [-0.2, 0) is 10.1 Å². The van der Waals surface area contributed by atoms with E-state index in [1.54, 1.807) is 19.1 Å². The normalized spacial score (nSPS) is 12.8. The van der Waals surface area contributed by atoms with Crippen molar-refractivity contribution in [3.8, 4) is 17.2 Å². The summed E-state index contributed by atoms with van der Waals surface area (Å²) in [6.45, 7) is 2.22. The van der Waals surface area contributed by atoms with Crippen LogP contribution in [-0.4, -0.2) is 31.7 Å². The summed E-state index contributed by atoms with van der Waals surface area (Å²) in [6, 6.07) is 12.5. The lowest BCUT2D eigenvalue weighted by Crippen LogP contribution is -2.23. The minimum Gasteiger partial charge on any atom is -0.507 e. The molecule has 0 bridgehead atoms. The van der Waals surface area contributed by atoms with Crippen LogP contribution in [0.15, 0.2) is 59.5 Å². The molecule has 0 radical (unpaired) electrons. The van der Waals surface area contributed by atoms with E-state index in [1.807, 2.05) is 0 Å². The summed E-state index contributed by atoms with van der Waals surface area (Å²) in [5, 5.41) is 10.4. The van der Waals surface area contributed by atoms with E-state index in [-0.39, 0.29) is 32.8 Å². The van der Waals surface area contributed by atoms with Gasteiger partial charge in [0, 0.05) is 17.2 Å².